The summed E-state index contributed by atoms with van der Waals surface area (Å²) < 4.78 is 0. The van der Waals surface area contributed by atoms with Crippen LogP contribution >= 0.6 is 11.3 Å². The molecule has 2 saturated heterocycles. The molecule has 3 aliphatic rings. The number of anilines is 3. The SMILES string of the molecule is N#CCCN1[C@@H]2CC[C@H]1C[C@H](Nc1nc(Nc3ncc(C4(O)CC4)s3)cc3ncccc13)C2. The van der Waals surface area contributed by atoms with E-state index in [0.717, 1.165) is 59.0 Å². The van der Waals surface area contributed by atoms with Crippen molar-refractivity contribution in [1.82, 2.24) is 19.9 Å². The molecular weight excluding hydrogens is 434 g/mol. The van der Waals surface area contributed by atoms with Crippen molar-refractivity contribution in [3.8, 4) is 6.07 Å². The summed E-state index contributed by atoms with van der Waals surface area (Å²) >= 11 is 1.48. The van der Waals surface area contributed by atoms with Crippen molar-refractivity contribution in [2.75, 3.05) is 17.2 Å². The Kier molecular flexibility index (Phi) is 5.17. The topological polar surface area (TPSA) is 110 Å². The summed E-state index contributed by atoms with van der Waals surface area (Å²) in [5.74, 6) is 1.54. The van der Waals surface area contributed by atoms with E-state index in [-0.39, 0.29) is 0 Å². The molecule has 2 bridgehead atoms. The number of aromatic nitrogens is 3. The van der Waals surface area contributed by atoms with E-state index in [0.29, 0.717) is 30.4 Å². The molecule has 170 valence electrons. The van der Waals surface area contributed by atoms with Gasteiger partial charge >= 0.3 is 0 Å². The van der Waals surface area contributed by atoms with Crippen LogP contribution in [0.15, 0.2) is 30.6 Å². The lowest BCUT2D eigenvalue weighted by molar-refractivity contribution is 0.136. The fraction of sp³-hybridized carbons (Fsp3) is 0.500. The van der Waals surface area contributed by atoms with Crippen molar-refractivity contribution in [2.24, 2.45) is 0 Å². The second kappa shape index (κ2) is 8.20. The van der Waals surface area contributed by atoms with E-state index in [4.69, 9.17) is 10.2 Å². The van der Waals surface area contributed by atoms with Gasteiger partial charge in [-0.15, -0.1) is 0 Å². The number of nitrogens with zero attached hydrogens (tertiary/aromatic N) is 5. The van der Waals surface area contributed by atoms with Crippen LogP contribution in [0, 0.1) is 11.3 Å². The van der Waals surface area contributed by atoms with Crippen LogP contribution in [-0.2, 0) is 5.60 Å². The maximum atomic E-state index is 10.3. The number of pyridine rings is 2. The van der Waals surface area contributed by atoms with Gasteiger partial charge in [0.2, 0.25) is 0 Å². The van der Waals surface area contributed by atoms with Gasteiger partial charge in [-0.3, -0.25) is 9.88 Å². The minimum absolute atomic E-state index is 0.350. The number of hydrogen-bond acceptors (Lipinski definition) is 9. The predicted molar refractivity (Wildman–Crippen MR) is 128 cm³/mol. The molecule has 0 radical (unpaired) electrons. The summed E-state index contributed by atoms with van der Waals surface area (Å²) in [6, 6.07) is 9.68. The number of nitriles is 1. The lowest BCUT2D eigenvalue weighted by Gasteiger charge is -2.39. The van der Waals surface area contributed by atoms with Gasteiger partial charge in [0.05, 0.1) is 16.5 Å². The Morgan fingerprint density at radius 1 is 1.24 bits per heavy atom. The zero-order valence-corrected chi connectivity index (χ0v) is 19.2. The standard InChI is InChI=1S/C24H27N7OS/c25-8-2-10-31-16-4-5-17(31)12-15(11-16)28-22-18-3-1-9-26-19(18)13-21(29-22)30-23-27-14-20(33-23)24(32)6-7-24/h1,3,9,13-17,32H,2,4-7,10-12H2,(H2,27,28,29,30)/t15-,16-,17+. The first kappa shape index (κ1) is 20.8. The van der Waals surface area contributed by atoms with Crippen molar-refractivity contribution in [1.29, 1.82) is 5.26 Å². The third-order valence-electron chi connectivity index (χ3n) is 7.23. The highest BCUT2D eigenvalue weighted by Crippen LogP contribution is 2.48. The van der Waals surface area contributed by atoms with Gasteiger partial charge in [0.1, 0.15) is 17.2 Å². The molecule has 3 fully saturated rings. The molecule has 5 heterocycles. The Hall–Kier alpha value is -2.80. The van der Waals surface area contributed by atoms with E-state index >= 15 is 0 Å². The van der Waals surface area contributed by atoms with Crippen molar-refractivity contribution < 1.29 is 5.11 Å². The van der Waals surface area contributed by atoms with Gasteiger partial charge in [-0.25, -0.2) is 9.97 Å². The Morgan fingerprint density at radius 3 is 2.82 bits per heavy atom. The first-order valence-corrected chi connectivity index (χ1v) is 12.5. The molecule has 3 atom stereocenters. The zero-order valence-electron chi connectivity index (χ0n) is 18.4. The Morgan fingerprint density at radius 2 is 2.06 bits per heavy atom. The Balaban J connectivity index is 1.23. The molecule has 3 aromatic heterocycles. The summed E-state index contributed by atoms with van der Waals surface area (Å²) in [7, 11) is 0. The van der Waals surface area contributed by atoms with E-state index in [1.165, 1.54) is 24.2 Å². The van der Waals surface area contributed by atoms with Gasteiger partial charge in [0, 0.05) is 54.9 Å². The third-order valence-corrected chi connectivity index (χ3v) is 8.34. The summed E-state index contributed by atoms with van der Waals surface area (Å²) in [5, 5.41) is 28.1. The summed E-state index contributed by atoms with van der Waals surface area (Å²) in [6.07, 6.45) is 10.3. The minimum Gasteiger partial charge on any atom is -0.384 e. The number of nitrogens with one attached hydrogen (secondary N) is 2. The van der Waals surface area contributed by atoms with Crippen LogP contribution in [0.2, 0.25) is 0 Å². The van der Waals surface area contributed by atoms with Crippen LogP contribution in [0.25, 0.3) is 10.9 Å². The predicted octanol–water partition coefficient (Wildman–Crippen LogP) is 4.13. The van der Waals surface area contributed by atoms with Crippen LogP contribution in [0.4, 0.5) is 16.8 Å². The van der Waals surface area contributed by atoms with Gasteiger partial charge in [-0.05, 0) is 50.7 Å². The fourth-order valence-corrected chi connectivity index (χ4v) is 6.37. The second-order valence-corrected chi connectivity index (χ2v) is 10.5. The van der Waals surface area contributed by atoms with Gasteiger partial charge in [0.25, 0.3) is 0 Å². The van der Waals surface area contributed by atoms with E-state index in [1.807, 2.05) is 12.1 Å². The molecule has 6 rings (SSSR count). The molecule has 3 aromatic rings. The second-order valence-electron chi connectivity index (χ2n) is 9.46. The summed E-state index contributed by atoms with van der Waals surface area (Å²) in [5.41, 5.74) is 0.203. The molecular formula is C24H27N7OS. The van der Waals surface area contributed by atoms with E-state index in [2.05, 4.69) is 37.6 Å². The molecule has 2 aliphatic heterocycles. The Labute approximate surface area is 196 Å². The van der Waals surface area contributed by atoms with Crippen LogP contribution in [0.5, 0.6) is 0 Å². The highest BCUT2D eigenvalue weighted by molar-refractivity contribution is 7.15. The minimum atomic E-state index is -0.676. The highest BCUT2D eigenvalue weighted by atomic mass is 32.1. The first-order chi connectivity index (χ1) is 16.1. The van der Waals surface area contributed by atoms with Gasteiger partial charge < -0.3 is 15.7 Å². The molecule has 3 N–H and O–H groups in total. The zero-order chi connectivity index (χ0) is 22.4. The molecule has 0 spiro atoms. The molecule has 1 aliphatic carbocycles. The normalized spacial score (nSPS) is 25.6. The van der Waals surface area contributed by atoms with Crippen molar-refractivity contribution >= 4 is 39.0 Å². The van der Waals surface area contributed by atoms with Gasteiger partial charge in [0.15, 0.2) is 5.13 Å². The number of thiazole rings is 1. The van der Waals surface area contributed by atoms with E-state index in [9.17, 15) is 5.11 Å². The maximum absolute atomic E-state index is 10.3. The number of hydrogen-bond donors (Lipinski definition) is 3. The fourth-order valence-electron chi connectivity index (χ4n) is 5.40. The maximum Gasteiger partial charge on any atom is 0.188 e. The molecule has 33 heavy (non-hydrogen) atoms. The molecule has 0 unspecified atom stereocenters. The molecule has 1 saturated carbocycles. The van der Waals surface area contributed by atoms with Gasteiger partial charge in [-0.2, -0.15) is 5.26 Å². The molecule has 8 nitrogen and oxygen atoms in total. The largest absolute Gasteiger partial charge is 0.384 e. The lowest BCUT2D eigenvalue weighted by atomic mass is 9.97. The van der Waals surface area contributed by atoms with Gasteiger partial charge in [-0.1, -0.05) is 11.3 Å². The average Bonchev–Trinajstić information content (AvgIpc) is 3.29. The van der Waals surface area contributed by atoms with Crippen LogP contribution in [0.1, 0.15) is 49.8 Å². The number of piperidine rings is 1. The quantitative estimate of drug-likeness (QED) is 0.482. The van der Waals surface area contributed by atoms with Crippen molar-refractivity contribution in [2.45, 2.75) is 68.7 Å². The third kappa shape index (κ3) is 4.03. The number of rotatable bonds is 7. The van der Waals surface area contributed by atoms with Crippen molar-refractivity contribution in [3.05, 3.63) is 35.5 Å². The monoisotopic (exact) mass is 461 g/mol. The number of fused-ring (bicyclic) bond motifs is 3. The molecule has 0 aromatic carbocycles. The Bertz CT molecular complexity index is 1200. The smallest absolute Gasteiger partial charge is 0.188 e. The molecule has 0 amide bonds. The molecule has 9 heteroatoms. The first-order valence-electron chi connectivity index (χ1n) is 11.7. The van der Waals surface area contributed by atoms with E-state index < -0.39 is 5.60 Å². The van der Waals surface area contributed by atoms with Crippen molar-refractivity contribution in [3.63, 3.8) is 0 Å². The summed E-state index contributed by atoms with van der Waals surface area (Å²) in [4.78, 5) is 17.4. The van der Waals surface area contributed by atoms with Crippen LogP contribution < -0.4 is 10.6 Å². The highest BCUT2D eigenvalue weighted by Gasteiger charge is 2.44. The van der Waals surface area contributed by atoms with Crippen LogP contribution in [0.3, 0.4) is 0 Å². The average molecular weight is 462 g/mol. The lowest BCUT2D eigenvalue weighted by Crippen LogP contribution is -2.47. The van der Waals surface area contributed by atoms with E-state index in [1.54, 1.807) is 12.4 Å². The van der Waals surface area contributed by atoms with Crippen LogP contribution in [-0.4, -0.2) is 49.6 Å². The number of aliphatic hydroxyl groups is 1. The summed E-state index contributed by atoms with van der Waals surface area (Å²) in [6.45, 7) is 0.883.